The van der Waals surface area contributed by atoms with Crippen molar-refractivity contribution < 1.29 is 5.11 Å². The zero-order chi connectivity index (χ0) is 11.3. The maximum atomic E-state index is 9.92. The van der Waals surface area contributed by atoms with Crippen LogP contribution in [0.2, 0.25) is 0 Å². The molecule has 0 aliphatic carbocycles. The van der Waals surface area contributed by atoms with E-state index >= 15 is 0 Å². The highest BCUT2D eigenvalue weighted by Gasteiger charge is 2.08. The van der Waals surface area contributed by atoms with Gasteiger partial charge >= 0.3 is 0 Å². The Hall–Kier alpha value is -1.12. The number of hydrogen-bond donors (Lipinski definition) is 2. The Balaban J connectivity index is 2.64. The van der Waals surface area contributed by atoms with Gasteiger partial charge in [-0.15, -0.1) is 6.58 Å². The Labute approximate surface area is 91.6 Å². The first kappa shape index (κ1) is 12.0. The molecule has 0 saturated carbocycles. The summed E-state index contributed by atoms with van der Waals surface area (Å²) in [7, 11) is 0. The Morgan fingerprint density at radius 2 is 2.20 bits per heavy atom. The lowest BCUT2D eigenvalue weighted by Gasteiger charge is -2.14. The van der Waals surface area contributed by atoms with Gasteiger partial charge < -0.3 is 10.4 Å². The second kappa shape index (κ2) is 5.69. The lowest BCUT2D eigenvalue weighted by atomic mass is 10.0. The molecule has 0 bridgehead atoms. The highest BCUT2D eigenvalue weighted by Crippen LogP contribution is 2.18. The average Bonchev–Trinajstić information content (AvgIpc) is 2.17. The van der Waals surface area contributed by atoms with Crippen molar-refractivity contribution >= 4 is 0 Å². The van der Waals surface area contributed by atoms with Gasteiger partial charge in [0, 0.05) is 13.1 Å². The van der Waals surface area contributed by atoms with Gasteiger partial charge in [0.2, 0.25) is 0 Å². The van der Waals surface area contributed by atoms with Crippen LogP contribution in [0.15, 0.2) is 30.9 Å². The molecule has 2 N–H and O–H groups in total. The van der Waals surface area contributed by atoms with Gasteiger partial charge in [-0.2, -0.15) is 0 Å². The summed E-state index contributed by atoms with van der Waals surface area (Å²) in [5.41, 5.74) is 3.36. The third-order valence-electron chi connectivity index (χ3n) is 2.41. The molecule has 0 radical (unpaired) electrons. The van der Waals surface area contributed by atoms with Crippen LogP contribution in [0.4, 0.5) is 0 Å². The van der Waals surface area contributed by atoms with Crippen LogP contribution < -0.4 is 5.32 Å². The first-order valence-electron chi connectivity index (χ1n) is 5.22. The van der Waals surface area contributed by atoms with Gasteiger partial charge in [0.05, 0.1) is 6.10 Å². The number of benzene rings is 1. The molecule has 0 aromatic heterocycles. The molecule has 1 atom stereocenters. The highest BCUT2D eigenvalue weighted by atomic mass is 16.3. The molecule has 0 fully saturated rings. The van der Waals surface area contributed by atoms with E-state index in [9.17, 15) is 5.11 Å². The van der Waals surface area contributed by atoms with Crippen LogP contribution in [0.5, 0.6) is 0 Å². The molecule has 82 valence electrons. The molecular formula is C13H19NO. The largest absolute Gasteiger partial charge is 0.387 e. The molecule has 1 aromatic rings. The molecule has 1 unspecified atom stereocenters. The standard InChI is InChI=1S/C13H19NO/c1-4-7-14-9-13(15)12-6-5-10(2)8-11(12)3/h4-6,8,13-15H,1,7,9H2,2-3H3. The quantitative estimate of drug-likeness (QED) is 0.570. The molecule has 2 heteroatoms. The second-order valence-corrected chi connectivity index (χ2v) is 3.82. The van der Waals surface area contributed by atoms with Gasteiger partial charge in [0.25, 0.3) is 0 Å². The summed E-state index contributed by atoms with van der Waals surface area (Å²) < 4.78 is 0. The summed E-state index contributed by atoms with van der Waals surface area (Å²) in [6, 6.07) is 6.11. The smallest absolute Gasteiger partial charge is 0.0917 e. The van der Waals surface area contributed by atoms with Crippen molar-refractivity contribution in [3.05, 3.63) is 47.5 Å². The summed E-state index contributed by atoms with van der Waals surface area (Å²) in [5, 5.41) is 13.0. The van der Waals surface area contributed by atoms with Crippen LogP contribution in [-0.4, -0.2) is 18.2 Å². The van der Waals surface area contributed by atoms with Crippen molar-refractivity contribution in [2.24, 2.45) is 0 Å². The molecule has 0 saturated heterocycles. The van der Waals surface area contributed by atoms with Crippen molar-refractivity contribution in [2.75, 3.05) is 13.1 Å². The minimum Gasteiger partial charge on any atom is -0.387 e. The van der Waals surface area contributed by atoms with Crippen molar-refractivity contribution in [1.82, 2.24) is 5.32 Å². The SMILES string of the molecule is C=CCNCC(O)c1ccc(C)cc1C. The normalized spacial score (nSPS) is 12.5. The van der Waals surface area contributed by atoms with Crippen LogP contribution in [0.3, 0.4) is 0 Å². The first-order chi connectivity index (χ1) is 7.15. The molecule has 0 aliphatic rings. The zero-order valence-corrected chi connectivity index (χ0v) is 9.46. The third-order valence-corrected chi connectivity index (χ3v) is 2.41. The van der Waals surface area contributed by atoms with Crippen molar-refractivity contribution in [3.8, 4) is 0 Å². The molecule has 1 rings (SSSR count). The number of aliphatic hydroxyl groups is 1. The van der Waals surface area contributed by atoms with Crippen molar-refractivity contribution in [1.29, 1.82) is 0 Å². The summed E-state index contributed by atoms with van der Waals surface area (Å²) in [6.45, 7) is 8.99. The highest BCUT2D eigenvalue weighted by molar-refractivity contribution is 5.32. The zero-order valence-electron chi connectivity index (χ0n) is 9.46. The van der Waals surface area contributed by atoms with Gasteiger partial charge in [0.1, 0.15) is 0 Å². The fraction of sp³-hybridized carbons (Fsp3) is 0.385. The molecule has 0 amide bonds. The maximum absolute atomic E-state index is 9.92. The molecule has 15 heavy (non-hydrogen) atoms. The first-order valence-corrected chi connectivity index (χ1v) is 5.22. The molecule has 0 spiro atoms. The summed E-state index contributed by atoms with van der Waals surface area (Å²) in [4.78, 5) is 0. The van der Waals surface area contributed by atoms with Crippen LogP contribution in [0, 0.1) is 13.8 Å². The van der Waals surface area contributed by atoms with Crippen LogP contribution in [0.25, 0.3) is 0 Å². The van der Waals surface area contributed by atoms with Gasteiger partial charge in [-0.05, 0) is 25.0 Å². The van der Waals surface area contributed by atoms with Gasteiger partial charge in [0.15, 0.2) is 0 Å². The van der Waals surface area contributed by atoms with Gasteiger partial charge in [-0.25, -0.2) is 0 Å². The Kier molecular flexibility index (Phi) is 4.53. The number of hydrogen-bond acceptors (Lipinski definition) is 2. The number of rotatable bonds is 5. The Morgan fingerprint density at radius 1 is 1.47 bits per heavy atom. The maximum Gasteiger partial charge on any atom is 0.0917 e. The van der Waals surface area contributed by atoms with Crippen molar-refractivity contribution in [3.63, 3.8) is 0 Å². The van der Waals surface area contributed by atoms with E-state index in [0.29, 0.717) is 6.54 Å². The van der Waals surface area contributed by atoms with E-state index in [0.717, 1.165) is 17.7 Å². The van der Waals surface area contributed by atoms with E-state index in [1.807, 2.05) is 19.1 Å². The fourth-order valence-electron chi connectivity index (χ4n) is 1.63. The van der Waals surface area contributed by atoms with E-state index in [2.05, 4.69) is 24.9 Å². The van der Waals surface area contributed by atoms with E-state index < -0.39 is 6.10 Å². The summed E-state index contributed by atoms with van der Waals surface area (Å²) >= 11 is 0. The number of aryl methyl sites for hydroxylation is 2. The van der Waals surface area contributed by atoms with Crippen LogP contribution >= 0.6 is 0 Å². The van der Waals surface area contributed by atoms with E-state index in [1.54, 1.807) is 6.08 Å². The summed E-state index contributed by atoms with van der Waals surface area (Å²) in [5.74, 6) is 0. The third kappa shape index (κ3) is 3.50. The van der Waals surface area contributed by atoms with Crippen LogP contribution in [0.1, 0.15) is 22.8 Å². The predicted molar refractivity (Wildman–Crippen MR) is 63.9 cm³/mol. The average molecular weight is 205 g/mol. The number of nitrogens with one attached hydrogen (secondary N) is 1. The molecule has 0 heterocycles. The van der Waals surface area contributed by atoms with Gasteiger partial charge in [-0.1, -0.05) is 29.8 Å². The summed E-state index contributed by atoms with van der Waals surface area (Å²) in [6.07, 6.45) is 1.35. The number of aliphatic hydroxyl groups excluding tert-OH is 1. The lowest BCUT2D eigenvalue weighted by Crippen LogP contribution is -2.21. The molecule has 0 aliphatic heterocycles. The van der Waals surface area contributed by atoms with E-state index in [1.165, 1.54) is 5.56 Å². The molecule has 2 nitrogen and oxygen atoms in total. The fourth-order valence-corrected chi connectivity index (χ4v) is 1.63. The van der Waals surface area contributed by atoms with Crippen molar-refractivity contribution in [2.45, 2.75) is 20.0 Å². The van der Waals surface area contributed by atoms with E-state index in [4.69, 9.17) is 0 Å². The monoisotopic (exact) mass is 205 g/mol. The minimum absolute atomic E-state index is 0.439. The predicted octanol–water partition coefficient (Wildman–Crippen LogP) is 2.11. The topological polar surface area (TPSA) is 32.3 Å². The molecule has 1 aromatic carbocycles. The van der Waals surface area contributed by atoms with Gasteiger partial charge in [-0.3, -0.25) is 0 Å². The van der Waals surface area contributed by atoms with E-state index in [-0.39, 0.29) is 0 Å². The lowest BCUT2D eigenvalue weighted by molar-refractivity contribution is 0.175. The minimum atomic E-state index is -0.439. The second-order valence-electron chi connectivity index (χ2n) is 3.82. The molecular weight excluding hydrogens is 186 g/mol. The Bertz CT molecular complexity index is 333. The Morgan fingerprint density at radius 3 is 2.80 bits per heavy atom. The van der Waals surface area contributed by atoms with Crippen LogP contribution in [-0.2, 0) is 0 Å².